The highest BCUT2D eigenvalue weighted by Crippen LogP contribution is 2.25. The van der Waals surface area contributed by atoms with E-state index in [1.807, 2.05) is 56.3 Å². The van der Waals surface area contributed by atoms with Crippen LogP contribution in [0.15, 0.2) is 60.8 Å². The third-order valence-corrected chi connectivity index (χ3v) is 5.20. The first kappa shape index (κ1) is 18.0. The molecule has 2 aromatic carbocycles. The van der Waals surface area contributed by atoms with Gasteiger partial charge in [0.1, 0.15) is 6.54 Å². The average molecular weight is 374 g/mol. The number of anilines is 1. The summed E-state index contributed by atoms with van der Waals surface area (Å²) in [7, 11) is 0. The van der Waals surface area contributed by atoms with Gasteiger partial charge in [-0.2, -0.15) is 5.10 Å². The van der Waals surface area contributed by atoms with Crippen LogP contribution in [0, 0.1) is 6.92 Å². The second kappa shape index (κ2) is 7.31. The highest BCUT2D eigenvalue weighted by Gasteiger charge is 2.34. The van der Waals surface area contributed by atoms with E-state index >= 15 is 0 Å². The zero-order chi connectivity index (χ0) is 19.7. The molecule has 28 heavy (non-hydrogen) atoms. The second-order valence-electron chi connectivity index (χ2n) is 7.12. The van der Waals surface area contributed by atoms with Crippen molar-refractivity contribution >= 4 is 17.5 Å². The largest absolute Gasteiger partial charge is 0.325 e. The lowest BCUT2D eigenvalue weighted by atomic mass is 10.1. The SMILES string of the molecule is Cc1ccccc1N1C[C@H](C)N(C(=O)c2ccc(-c3ccn[nH]3)cc2)CC1=O. The van der Waals surface area contributed by atoms with Gasteiger partial charge in [0.15, 0.2) is 0 Å². The maximum Gasteiger partial charge on any atom is 0.254 e. The van der Waals surface area contributed by atoms with Crippen molar-refractivity contribution in [3.8, 4) is 11.3 Å². The van der Waals surface area contributed by atoms with Crippen molar-refractivity contribution in [2.75, 3.05) is 18.0 Å². The lowest BCUT2D eigenvalue weighted by Gasteiger charge is -2.40. The number of hydrogen-bond donors (Lipinski definition) is 1. The molecule has 3 aromatic rings. The van der Waals surface area contributed by atoms with Crippen LogP contribution in [0.1, 0.15) is 22.8 Å². The fourth-order valence-corrected chi connectivity index (χ4v) is 3.60. The zero-order valence-corrected chi connectivity index (χ0v) is 15.9. The molecule has 1 fully saturated rings. The number of benzene rings is 2. The summed E-state index contributed by atoms with van der Waals surface area (Å²) < 4.78 is 0. The molecule has 0 bridgehead atoms. The number of carbonyl (C=O) groups is 2. The van der Waals surface area contributed by atoms with Gasteiger partial charge in [0.05, 0.1) is 5.69 Å². The summed E-state index contributed by atoms with van der Waals surface area (Å²) in [6, 6.07) is 17.0. The van der Waals surface area contributed by atoms with Crippen LogP contribution in [0.25, 0.3) is 11.3 Å². The molecule has 0 saturated carbocycles. The number of para-hydroxylation sites is 1. The second-order valence-corrected chi connectivity index (χ2v) is 7.12. The van der Waals surface area contributed by atoms with Crippen LogP contribution in [0.3, 0.4) is 0 Å². The van der Waals surface area contributed by atoms with Gasteiger partial charge in [0, 0.05) is 30.0 Å². The Morgan fingerprint density at radius 2 is 1.86 bits per heavy atom. The Kier molecular flexibility index (Phi) is 4.69. The summed E-state index contributed by atoms with van der Waals surface area (Å²) in [5.74, 6) is -0.184. The van der Waals surface area contributed by atoms with Gasteiger partial charge in [0.2, 0.25) is 5.91 Å². The molecule has 1 N–H and O–H groups in total. The van der Waals surface area contributed by atoms with E-state index < -0.39 is 0 Å². The molecule has 4 rings (SSSR count). The molecule has 1 atom stereocenters. The van der Waals surface area contributed by atoms with Gasteiger partial charge in [-0.1, -0.05) is 30.3 Å². The lowest BCUT2D eigenvalue weighted by molar-refractivity contribution is -0.121. The van der Waals surface area contributed by atoms with Crippen molar-refractivity contribution in [1.82, 2.24) is 15.1 Å². The van der Waals surface area contributed by atoms with Crippen LogP contribution in [0.2, 0.25) is 0 Å². The molecule has 2 heterocycles. The predicted octanol–water partition coefficient (Wildman–Crippen LogP) is 3.26. The smallest absolute Gasteiger partial charge is 0.254 e. The predicted molar refractivity (Wildman–Crippen MR) is 108 cm³/mol. The summed E-state index contributed by atoms with van der Waals surface area (Å²) in [5.41, 5.74) is 4.40. The average Bonchev–Trinajstić information content (AvgIpc) is 3.24. The van der Waals surface area contributed by atoms with Crippen LogP contribution in [-0.2, 0) is 4.79 Å². The van der Waals surface area contributed by atoms with E-state index in [2.05, 4.69) is 10.2 Å². The molecule has 0 aliphatic carbocycles. The number of amides is 2. The lowest BCUT2D eigenvalue weighted by Crippen LogP contribution is -2.57. The fraction of sp³-hybridized carbons (Fsp3) is 0.227. The summed E-state index contributed by atoms with van der Waals surface area (Å²) >= 11 is 0. The van der Waals surface area contributed by atoms with Crippen LogP contribution >= 0.6 is 0 Å². The van der Waals surface area contributed by atoms with Crippen LogP contribution in [-0.4, -0.2) is 46.0 Å². The van der Waals surface area contributed by atoms with E-state index in [1.165, 1.54) is 0 Å². The number of aryl methyl sites for hydroxylation is 1. The zero-order valence-electron chi connectivity index (χ0n) is 15.9. The molecule has 0 radical (unpaired) electrons. The number of H-pyrrole nitrogens is 1. The minimum atomic E-state index is -0.124. The molecular formula is C22H22N4O2. The topological polar surface area (TPSA) is 69.3 Å². The first-order valence-corrected chi connectivity index (χ1v) is 9.31. The molecule has 1 aliphatic heterocycles. The van der Waals surface area contributed by atoms with Crippen molar-refractivity contribution < 1.29 is 9.59 Å². The van der Waals surface area contributed by atoms with E-state index in [4.69, 9.17) is 0 Å². The van der Waals surface area contributed by atoms with Crippen molar-refractivity contribution in [3.63, 3.8) is 0 Å². The quantitative estimate of drug-likeness (QED) is 0.765. The van der Waals surface area contributed by atoms with E-state index in [0.29, 0.717) is 12.1 Å². The third kappa shape index (κ3) is 3.29. The number of aromatic nitrogens is 2. The highest BCUT2D eigenvalue weighted by atomic mass is 16.2. The summed E-state index contributed by atoms with van der Waals surface area (Å²) in [6.07, 6.45) is 1.69. The van der Waals surface area contributed by atoms with Gasteiger partial charge in [-0.15, -0.1) is 0 Å². The number of aromatic amines is 1. The van der Waals surface area contributed by atoms with Crippen LogP contribution in [0.5, 0.6) is 0 Å². The van der Waals surface area contributed by atoms with Gasteiger partial charge in [-0.3, -0.25) is 14.7 Å². The Balaban J connectivity index is 1.51. The monoisotopic (exact) mass is 374 g/mol. The standard InChI is InChI=1S/C22H22N4O2/c1-15-5-3-4-6-20(15)26-13-16(2)25(14-21(26)27)22(28)18-9-7-17(8-10-18)19-11-12-23-24-19/h3-12,16H,13-14H2,1-2H3,(H,23,24)/t16-/m0/s1. The molecule has 1 aromatic heterocycles. The maximum absolute atomic E-state index is 13.0. The van der Waals surface area contributed by atoms with E-state index in [9.17, 15) is 9.59 Å². The minimum Gasteiger partial charge on any atom is -0.325 e. The fourth-order valence-electron chi connectivity index (χ4n) is 3.60. The van der Waals surface area contributed by atoms with Crippen LogP contribution < -0.4 is 4.90 Å². The van der Waals surface area contributed by atoms with Crippen molar-refractivity contribution in [1.29, 1.82) is 0 Å². The summed E-state index contributed by atoms with van der Waals surface area (Å²) in [6.45, 7) is 4.54. The van der Waals surface area contributed by atoms with E-state index in [-0.39, 0.29) is 24.4 Å². The number of piperazine rings is 1. The Labute approximate surface area is 163 Å². The minimum absolute atomic E-state index is 0.0603. The molecule has 0 unspecified atom stereocenters. The molecule has 0 spiro atoms. The normalized spacial score (nSPS) is 17.1. The van der Waals surface area contributed by atoms with Gasteiger partial charge in [-0.05, 0) is 49.2 Å². The number of nitrogens with one attached hydrogen (secondary N) is 1. The number of nitrogens with zero attached hydrogens (tertiary/aromatic N) is 3. The van der Waals surface area contributed by atoms with E-state index in [0.717, 1.165) is 22.5 Å². The highest BCUT2D eigenvalue weighted by molar-refractivity contribution is 6.02. The Bertz CT molecular complexity index is 996. The van der Waals surface area contributed by atoms with Gasteiger partial charge < -0.3 is 9.80 Å². The maximum atomic E-state index is 13.0. The molecular weight excluding hydrogens is 352 g/mol. The number of hydrogen-bond acceptors (Lipinski definition) is 3. The summed E-state index contributed by atoms with van der Waals surface area (Å²) in [5, 5.41) is 6.85. The Morgan fingerprint density at radius 3 is 2.54 bits per heavy atom. The van der Waals surface area contributed by atoms with Crippen molar-refractivity contribution in [3.05, 3.63) is 71.9 Å². The van der Waals surface area contributed by atoms with E-state index in [1.54, 1.807) is 28.1 Å². The molecule has 6 heteroatoms. The summed E-state index contributed by atoms with van der Waals surface area (Å²) in [4.78, 5) is 29.2. The van der Waals surface area contributed by atoms with Gasteiger partial charge in [-0.25, -0.2) is 0 Å². The van der Waals surface area contributed by atoms with Gasteiger partial charge >= 0.3 is 0 Å². The Morgan fingerprint density at radius 1 is 1.11 bits per heavy atom. The molecule has 6 nitrogen and oxygen atoms in total. The number of rotatable bonds is 3. The molecule has 142 valence electrons. The van der Waals surface area contributed by atoms with Crippen molar-refractivity contribution in [2.24, 2.45) is 0 Å². The number of carbonyl (C=O) groups excluding carboxylic acids is 2. The Hall–Kier alpha value is -3.41. The first-order valence-electron chi connectivity index (χ1n) is 9.31. The molecule has 1 aliphatic rings. The van der Waals surface area contributed by atoms with Crippen molar-refractivity contribution in [2.45, 2.75) is 19.9 Å². The molecule has 2 amide bonds. The van der Waals surface area contributed by atoms with Crippen LogP contribution in [0.4, 0.5) is 5.69 Å². The first-order chi connectivity index (χ1) is 13.5. The molecule has 1 saturated heterocycles. The van der Waals surface area contributed by atoms with Gasteiger partial charge in [0.25, 0.3) is 5.91 Å². The third-order valence-electron chi connectivity index (χ3n) is 5.20.